The lowest BCUT2D eigenvalue weighted by atomic mass is 9.78. The van der Waals surface area contributed by atoms with E-state index in [0.717, 1.165) is 36.9 Å². The number of carbonyl (C=O) groups excluding carboxylic acids is 1. The molecule has 0 heterocycles. The largest absolute Gasteiger partial charge is 0.481 e. The Bertz CT molecular complexity index is 569. The van der Waals surface area contributed by atoms with Crippen molar-refractivity contribution in [1.29, 1.82) is 0 Å². The number of anilines is 1. The molecule has 0 spiro atoms. The topological polar surface area (TPSA) is 66.4 Å². The van der Waals surface area contributed by atoms with Crippen LogP contribution in [-0.2, 0) is 16.0 Å². The van der Waals surface area contributed by atoms with Crippen LogP contribution in [0.3, 0.4) is 0 Å². The molecule has 112 valence electrons. The van der Waals surface area contributed by atoms with Crippen LogP contribution in [0.15, 0.2) is 24.3 Å². The molecule has 1 aromatic rings. The number of fused-ring (bicyclic) bond motifs is 2. The zero-order valence-corrected chi connectivity index (χ0v) is 12.2. The molecule has 0 aromatic heterocycles. The molecule has 2 bridgehead atoms. The number of carboxylic acid groups (broad SMARTS) is 1. The van der Waals surface area contributed by atoms with Crippen LogP contribution in [0.4, 0.5) is 5.69 Å². The van der Waals surface area contributed by atoms with Gasteiger partial charge in [-0.3, -0.25) is 9.59 Å². The summed E-state index contributed by atoms with van der Waals surface area (Å²) in [5.74, 6) is -1.38. The maximum absolute atomic E-state index is 12.5. The highest BCUT2D eigenvalue weighted by Gasteiger charge is 2.53. The predicted octanol–water partition coefficient (Wildman–Crippen LogP) is 2.93. The van der Waals surface area contributed by atoms with E-state index >= 15 is 0 Å². The molecule has 4 atom stereocenters. The molecule has 2 aliphatic rings. The molecule has 3 rings (SSSR count). The lowest BCUT2D eigenvalue weighted by Gasteiger charge is -2.27. The van der Waals surface area contributed by atoms with E-state index in [9.17, 15) is 14.7 Å². The summed E-state index contributed by atoms with van der Waals surface area (Å²) in [4.78, 5) is 24.0. The predicted molar refractivity (Wildman–Crippen MR) is 79.9 cm³/mol. The fourth-order valence-corrected chi connectivity index (χ4v) is 4.12. The smallest absolute Gasteiger partial charge is 0.307 e. The summed E-state index contributed by atoms with van der Waals surface area (Å²) in [5.41, 5.74) is 1.93. The SMILES string of the molecule is CCc1cccc(NC(=O)[C@@H]2[C@@H]3CC[C@@H](C3)[C@@H]2C(=O)O)c1. The van der Waals surface area contributed by atoms with Crippen molar-refractivity contribution in [1.82, 2.24) is 0 Å². The van der Waals surface area contributed by atoms with Crippen molar-refractivity contribution in [2.24, 2.45) is 23.7 Å². The Kier molecular flexibility index (Phi) is 3.70. The van der Waals surface area contributed by atoms with Gasteiger partial charge < -0.3 is 10.4 Å². The number of aliphatic carboxylic acids is 1. The first-order valence-electron chi connectivity index (χ1n) is 7.72. The number of nitrogens with one attached hydrogen (secondary N) is 1. The van der Waals surface area contributed by atoms with Crippen molar-refractivity contribution >= 4 is 17.6 Å². The number of carboxylic acids is 1. The molecule has 4 nitrogen and oxygen atoms in total. The van der Waals surface area contributed by atoms with E-state index in [0.29, 0.717) is 0 Å². The molecule has 0 saturated heterocycles. The second-order valence-corrected chi connectivity index (χ2v) is 6.27. The van der Waals surface area contributed by atoms with Crippen LogP contribution in [0.1, 0.15) is 31.7 Å². The standard InChI is InChI=1S/C17H21NO3/c1-2-10-4-3-5-13(8-10)18-16(19)14-11-6-7-12(9-11)15(14)17(20)21/h3-5,8,11-12,14-15H,2,6-7,9H2,1H3,(H,18,19)(H,20,21)/t11-,12+,14-,15+/m1/s1. The number of benzene rings is 1. The van der Waals surface area contributed by atoms with Crippen molar-refractivity contribution in [3.63, 3.8) is 0 Å². The molecule has 2 aliphatic carbocycles. The van der Waals surface area contributed by atoms with Crippen LogP contribution in [0.25, 0.3) is 0 Å². The maximum Gasteiger partial charge on any atom is 0.307 e. The zero-order chi connectivity index (χ0) is 15.0. The number of carbonyl (C=O) groups is 2. The third-order valence-corrected chi connectivity index (χ3v) is 5.11. The van der Waals surface area contributed by atoms with Gasteiger partial charge in [0.25, 0.3) is 0 Å². The first-order chi connectivity index (χ1) is 10.1. The Labute approximate surface area is 124 Å². The first kappa shape index (κ1) is 14.1. The van der Waals surface area contributed by atoms with Gasteiger partial charge >= 0.3 is 5.97 Å². The van der Waals surface area contributed by atoms with Crippen molar-refractivity contribution in [3.8, 4) is 0 Å². The van der Waals surface area contributed by atoms with E-state index in [2.05, 4.69) is 12.2 Å². The third kappa shape index (κ3) is 2.55. The van der Waals surface area contributed by atoms with Crippen LogP contribution in [0.2, 0.25) is 0 Å². The van der Waals surface area contributed by atoms with E-state index in [1.54, 1.807) is 0 Å². The van der Waals surface area contributed by atoms with Gasteiger partial charge in [-0.05, 0) is 55.2 Å². The van der Waals surface area contributed by atoms with E-state index in [4.69, 9.17) is 0 Å². The van der Waals surface area contributed by atoms with Gasteiger partial charge in [0.05, 0.1) is 11.8 Å². The summed E-state index contributed by atoms with van der Waals surface area (Å²) < 4.78 is 0. The molecule has 2 fully saturated rings. The van der Waals surface area contributed by atoms with Gasteiger partial charge in [0.15, 0.2) is 0 Å². The summed E-state index contributed by atoms with van der Waals surface area (Å²) in [6.07, 6.45) is 3.75. The molecular weight excluding hydrogens is 266 g/mol. The van der Waals surface area contributed by atoms with Crippen molar-refractivity contribution in [2.75, 3.05) is 5.32 Å². The van der Waals surface area contributed by atoms with Gasteiger partial charge in [-0.25, -0.2) is 0 Å². The van der Waals surface area contributed by atoms with Crippen LogP contribution in [0.5, 0.6) is 0 Å². The van der Waals surface area contributed by atoms with Gasteiger partial charge in [0.2, 0.25) is 5.91 Å². The number of rotatable bonds is 4. The molecule has 2 saturated carbocycles. The number of aryl methyl sites for hydroxylation is 1. The summed E-state index contributed by atoms with van der Waals surface area (Å²) in [5, 5.41) is 12.3. The van der Waals surface area contributed by atoms with Crippen molar-refractivity contribution < 1.29 is 14.7 Å². The third-order valence-electron chi connectivity index (χ3n) is 5.11. The molecule has 0 radical (unpaired) electrons. The lowest BCUT2D eigenvalue weighted by Crippen LogP contribution is -2.37. The fourth-order valence-electron chi connectivity index (χ4n) is 4.12. The molecular formula is C17H21NO3. The monoisotopic (exact) mass is 287 g/mol. The Morgan fingerprint density at radius 2 is 1.95 bits per heavy atom. The van der Waals surface area contributed by atoms with E-state index in [1.807, 2.05) is 24.3 Å². The van der Waals surface area contributed by atoms with Gasteiger partial charge in [-0.2, -0.15) is 0 Å². The van der Waals surface area contributed by atoms with Crippen molar-refractivity contribution in [2.45, 2.75) is 32.6 Å². The van der Waals surface area contributed by atoms with Crippen molar-refractivity contribution in [3.05, 3.63) is 29.8 Å². The van der Waals surface area contributed by atoms with Crippen LogP contribution >= 0.6 is 0 Å². The van der Waals surface area contributed by atoms with Gasteiger partial charge in [-0.15, -0.1) is 0 Å². The van der Waals surface area contributed by atoms with E-state index in [1.165, 1.54) is 0 Å². The molecule has 1 aromatic carbocycles. The highest BCUT2D eigenvalue weighted by atomic mass is 16.4. The van der Waals surface area contributed by atoms with E-state index < -0.39 is 11.9 Å². The average molecular weight is 287 g/mol. The average Bonchev–Trinajstić information content (AvgIpc) is 3.07. The Morgan fingerprint density at radius 3 is 2.62 bits per heavy atom. The molecule has 2 N–H and O–H groups in total. The van der Waals surface area contributed by atoms with Gasteiger partial charge in [0.1, 0.15) is 0 Å². The Morgan fingerprint density at radius 1 is 1.24 bits per heavy atom. The minimum absolute atomic E-state index is 0.122. The Balaban J connectivity index is 1.76. The zero-order valence-electron chi connectivity index (χ0n) is 12.2. The van der Waals surface area contributed by atoms with Gasteiger partial charge in [-0.1, -0.05) is 19.1 Å². The number of hydrogen-bond acceptors (Lipinski definition) is 2. The van der Waals surface area contributed by atoms with Crippen LogP contribution < -0.4 is 5.32 Å². The molecule has 4 heteroatoms. The summed E-state index contributed by atoms with van der Waals surface area (Å²) in [7, 11) is 0. The molecule has 21 heavy (non-hydrogen) atoms. The second-order valence-electron chi connectivity index (χ2n) is 6.27. The van der Waals surface area contributed by atoms with Gasteiger partial charge in [0, 0.05) is 5.69 Å². The van der Waals surface area contributed by atoms with E-state index in [-0.39, 0.29) is 23.7 Å². The summed E-state index contributed by atoms with van der Waals surface area (Å²) in [6.45, 7) is 2.07. The molecule has 0 unspecified atom stereocenters. The normalized spacial score (nSPS) is 30.3. The van der Waals surface area contributed by atoms with Crippen LogP contribution in [-0.4, -0.2) is 17.0 Å². The highest BCUT2D eigenvalue weighted by Crippen LogP contribution is 2.52. The minimum Gasteiger partial charge on any atom is -0.481 e. The maximum atomic E-state index is 12.5. The molecule has 0 aliphatic heterocycles. The summed E-state index contributed by atoms with van der Waals surface area (Å²) in [6, 6.07) is 7.76. The Hall–Kier alpha value is -1.84. The fraction of sp³-hybridized carbons (Fsp3) is 0.529. The number of hydrogen-bond donors (Lipinski definition) is 2. The number of amides is 1. The molecule has 1 amide bonds. The lowest BCUT2D eigenvalue weighted by molar-refractivity contribution is -0.148. The minimum atomic E-state index is -0.815. The second kappa shape index (κ2) is 5.51. The summed E-state index contributed by atoms with van der Waals surface area (Å²) >= 11 is 0. The highest BCUT2D eigenvalue weighted by molar-refractivity contribution is 5.96. The van der Waals surface area contributed by atoms with Crippen LogP contribution in [0, 0.1) is 23.7 Å². The first-order valence-corrected chi connectivity index (χ1v) is 7.72. The quantitative estimate of drug-likeness (QED) is 0.894.